The zero-order valence-corrected chi connectivity index (χ0v) is 16.3. The van der Waals surface area contributed by atoms with Crippen molar-refractivity contribution in [3.8, 4) is 11.1 Å². The van der Waals surface area contributed by atoms with Crippen LogP contribution in [0.4, 0.5) is 5.69 Å². The molecule has 0 radical (unpaired) electrons. The number of rotatable bonds is 5. The van der Waals surface area contributed by atoms with Gasteiger partial charge in [0.25, 0.3) is 0 Å². The second-order valence-electron chi connectivity index (χ2n) is 6.76. The fraction of sp³-hybridized carbons (Fsp3) is 0.0417. The Morgan fingerprint density at radius 1 is 1.07 bits per heavy atom. The minimum absolute atomic E-state index is 0.123. The van der Waals surface area contributed by atoms with Crippen LogP contribution >= 0.6 is 0 Å². The summed E-state index contributed by atoms with van der Waals surface area (Å²) in [5.41, 5.74) is 10.7. The molecule has 0 aliphatic rings. The second-order valence-corrected chi connectivity index (χ2v) is 6.76. The van der Waals surface area contributed by atoms with Crippen LogP contribution < -0.4 is 5.73 Å². The molecule has 0 amide bonds. The number of hydrogen-bond donors (Lipinski definition) is 2. The molecule has 0 saturated heterocycles. The van der Waals surface area contributed by atoms with E-state index in [2.05, 4.69) is 14.7 Å². The first-order chi connectivity index (χ1) is 14.5. The summed E-state index contributed by atoms with van der Waals surface area (Å²) in [6.45, 7) is 0. The number of fused-ring (bicyclic) bond motifs is 1. The summed E-state index contributed by atoms with van der Waals surface area (Å²) in [5.74, 6) is -0.539. The summed E-state index contributed by atoms with van der Waals surface area (Å²) in [4.78, 5) is 31.9. The van der Waals surface area contributed by atoms with E-state index in [9.17, 15) is 9.59 Å². The van der Waals surface area contributed by atoms with Crippen molar-refractivity contribution in [2.45, 2.75) is 0 Å². The molecule has 0 saturated carbocycles. The molecule has 0 fully saturated rings. The summed E-state index contributed by atoms with van der Waals surface area (Å²) < 4.78 is 4.63. The molecular weight excluding hydrogens is 378 g/mol. The number of nitrogens with zero attached hydrogens (tertiary/aromatic N) is 1. The number of methoxy groups -OCH3 is 1. The summed E-state index contributed by atoms with van der Waals surface area (Å²) >= 11 is 0. The molecule has 0 bridgehead atoms. The summed E-state index contributed by atoms with van der Waals surface area (Å²) in [6.07, 6.45) is 6.47. The number of ketones is 1. The van der Waals surface area contributed by atoms with Crippen LogP contribution in [0.2, 0.25) is 0 Å². The van der Waals surface area contributed by atoms with Crippen molar-refractivity contribution >= 4 is 34.5 Å². The van der Waals surface area contributed by atoms with Gasteiger partial charge in [0.15, 0.2) is 5.78 Å². The molecule has 0 unspecified atom stereocenters. The van der Waals surface area contributed by atoms with E-state index in [1.165, 1.54) is 13.2 Å². The summed E-state index contributed by atoms with van der Waals surface area (Å²) in [5, 5.41) is 0.732. The summed E-state index contributed by atoms with van der Waals surface area (Å²) in [6, 6.07) is 16.5. The van der Waals surface area contributed by atoms with Crippen molar-refractivity contribution in [1.29, 1.82) is 0 Å². The van der Waals surface area contributed by atoms with E-state index in [0.29, 0.717) is 22.5 Å². The van der Waals surface area contributed by atoms with Gasteiger partial charge in [0.2, 0.25) is 0 Å². The normalized spacial score (nSPS) is 11.1. The number of carbonyl (C=O) groups is 2. The molecule has 4 aromatic rings. The van der Waals surface area contributed by atoms with Gasteiger partial charge in [-0.25, -0.2) is 9.78 Å². The Balaban J connectivity index is 1.72. The number of nitrogens with two attached hydrogens (primary N) is 1. The van der Waals surface area contributed by atoms with Gasteiger partial charge in [0.1, 0.15) is 5.65 Å². The van der Waals surface area contributed by atoms with Gasteiger partial charge in [-0.05, 0) is 41.5 Å². The summed E-state index contributed by atoms with van der Waals surface area (Å²) in [7, 11) is 1.34. The van der Waals surface area contributed by atoms with Gasteiger partial charge in [0, 0.05) is 46.2 Å². The lowest BCUT2D eigenvalue weighted by molar-refractivity contribution is -0.134. The van der Waals surface area contributed by atoms with Crippen LogP contribution in [-0.2, 0) is 9.53 Å². The Labute approximate surface area is 173 Å². The standard InChI is InChI=1S/C24H19N3O3/c1-30-22(28)9-8-15-4-2-5-16(10-15)18-12-20-21(14-27-24(20)26-13-18)23(29)17-6-3-7-19(25)11-17/h2-14H,25H2,1H3,(H,26,27). The van der Waals surface area contributed by atoms with Crippen molar-refractivity contribution < 1.29 is 14.3 Å². The third-order valence-corrected chi connectivity index (χ3v) is 4.76. The Morgan fingerprint density at radius 2 is 1.90 bits per heavy atom. The highest BCUT2D eigenvalue weighted by atomic mass is 16.5. The molecule has 6 nitrogen and oxygen atoms in total. The van der Waals surface area contributed by atoms with Crippen LogP contribution in [-0.4, -0.2) is 28.8 Å². The molecule has 3 N–H and O–H groups in total. The zero-order chi connectivity index (χ0) is 21.1. The van der Waals surface area contributed by atoms with E-state index >= 15 is 0 Å². The largest absolute Gasteiger partial charge is 0.466 e. The number of nitrogen functional groups attached to an aromatic ring is 1. The maximum Gasteiger partial charge on any atom is 0.330 e. The molecule has 0 aliphatic carbocycles. The van der Waals surface area contributed by atoms with Crippen LogP contribution in [0.15, 0.2) is 73.1 Å². The van der Waals surface area contributed by atoms with Gasteiger partial charge in [-0.3, -0.25) is 4.79 Å². The zero-order valence-electron chi connectivity index (χ0n) is 16.3. The van der Waals surface area contributed by atoms with E-state index in [1.807, 2.05) is 30.3 Å². The number of ether oxygens (including phenoxy) is 1. The number of nitrogens with one attached hydrogen (secondary N) is 1. The van der Waals surface area contributed by atoms with Crippen LogP contribution in [0.1, 0.15) is 21.5 Å². The maximum atomic E-state index is 13.0. The van der Waals surface area contributed by atoms with Gasteiger partial charge >= 0.3 is 5.97 Å². The van der Waals surface area contributed by atoms with Gasteiger partial charge in [-0.2, -0.15) is 0 Å². The van der Waals surface area contributed by atoms with E-state index in [1.54, 1.807) is 42.7 Å². The Bertz CT molecular complexity index is 1290. The fourth-order valence-electron chi connectivity index (χ4n) is 3.24. The molecular formula is C24H19N3O3. The van der Waals surface area contributed by atoms with Crippen molar-refractivity contribution in [1.82, 2.24) is 9.97 Å². The smallest absolute Gasteiger partial charge is 0.330 e. The van der Waals surface area contributed by atoms with Gasteiger partial charge in [-0.1, -0.05) is 30.3 Å². The molecule has 0 spiro atoms. The number of esters is 1. The van der Waals surface area contributed by atoms with E-state index in [4.69, 9.17) is 5.73 Å². The fourth-order valence-corrected chi connectivity index (χ4v) is 3.24. The SMILES string of the molecule is COC(=O)C=Cc1cccc(-c2cnc3[nH]cc(C(=O)c4cccc(N)c4)c3c2)c1. The number of pyridine rings is 1. The number of H-pyrrole nitrogens is 1. The van der Waals surface area contributed by atoms with Crippen molar-refractivity contribution in [3.05, 3.63) is 89.8 Å². The Hall–Kier alpha value is -4.19. The van der Waals surface area contributed by atoms with Crippen LogP contribution in [0.3, 0.4) is 0 Å². The minimum atomic E-state index is -0.416. The number of aromatic nitrogens is 2. The molecule has 30 heavy (non-hydrogen) atoms. The molecule has 2 aromatic carbocycles. The molecule has 0 atom stereocenters. The average Bonchev–Trinajstić information content (AvgIpc) is 3.20. The highest BCUT2D eigenvalue weighted by molar-refractivity contribution is 6.16. The van der Waals surface area contributed by atoms with Gasteiger partial charge < -0.3 is 15.5 Å². The monoisotopic (exact) mass is 397 g/mol. The van der Waals surface area contributed by atoms with Crippen molar-refractivity contribution in [2.24, 2.45) is 0 Å². The number of aromatic amines is 1. The lowest BCUT2D eigenvalue weighted by Crippen LogP contribution is -2.01. The van der Waals surface area contributed by atoms with E-state index < -0.39 is 5.97 Å². The predicted molar refractivity (Wildman–Crippen MR) is 117 cm³/mol. The first-order valence-electron chi connectivity index (χ1n) is 9.29. The van der Waals surface area contributed by atoms with E-state index in [-0.39, 0.29) is 5.78 Å². The lowest BCUT2D eigenvalue weighted by atomic mass is 10.00. The number of hydrogen-bond acceptors (Lipinski definition) is 5. The molecule has 148 valence electrons. The Kier molecular flexibility index (Phi) is 5.13. The Morgan fingerprint density at radius 3 is 2.70 bits per heavy atom. The number of anilines is 1. The van der Waals surface area contributed by atoms with Crippen LogP contribution in [0, 0.1) is 0 Å². The molecule has 0 aliphatic heterocycles. The number of carbonyl (C=O) groups excluding carboxylic acids is 2. The molecule has 2 heterocycles. The highest BCUT2D eigenvalue weighted by Crippen LogP contribution is 2.27. The third-order valence-electron chi connectivity index (χ3n) is 4.76. The first kappa shape index (κ1) is 19.1. The first-order valence-corrected chi connectivity index (χ1v) is 9.29. The predicted octanol–water partition coefficient (Wildman–Crippen LogP) is 4.23. The van der Waals surface area contributed by atoms with Crippen LogP contribution in [0.5, 0.6) is 0 Å². The number of benzene rings is 2. The van der Waals surface area contributed by atoms with Crippen LogP contribution in [0.25, 0.3) is 28.2 Å². The second kappa shape index (κ2) is 8.05. The minimum Gasteiger partial charge on any atom is -0.466 e. The lowest BCUT2D eigenvalue weighted by Gasteiger charge is -2.05. The molecule has 6 heteroatoms. The third kappa shape index (κ3) is 3.84. The van der Waals surface area contributed by atoms with Crippen molar-refractivity contribution in [2.75, 3.05) is 12.8 Å². The van der Waals surface area contributed by atoms with Crippen molar-refractivity contribution in [3.63, 3.8) is 0 Å². The van der Waals surface area contributed by atoms with Gasteiger partial charge in [-0.15, -0.1) is 0 Å². The maximum absolute atomic E-state index is 13.0. The highest BCUT2D eigenvalue weighted by Gasteiger charge is 2.16. The molecule has 4 rings (SSSR count). The quantitative estimate of drug-likeness (QED) is 0.227. The topological polar surface area (TPSA) is 98.1 Å². The molecule has 2 aromatic heterocycles. The van der Waals surface area contributed by atoms with Gasteiger partial charge in [0.05, 0.1) is 7.11 Å². The van der Waals surface area contributed by atoms with E-state index in [0.717, 1.165) is 22.1 Å². The average molecular weight is 397 g/mol.